The summed E-state index contributed by atoms with van der Waals surface area (Å²) in [4.78, 5) is 13.8. The number of aromatic nitrogens is 4. The van der Waals surface area contributed by atoms with Crippen LogP contribution in [0.3, 0.4) is 0 Å². The second-order valence-corrected chi connectivity index (χ2v) is 9.67. The molecule has 0 fully saturated rings. The van der Waals surface area contributed by atoms with Crippen molar-refractivity contribution >= 4 is 11.5 Å². The Balaban J connectivity index is 1.91. The third kappa shape index (κ3) is 5.43. The first-order valence-corrected chi connectivity index (χ1v) is 10.9. The van der Waals surface area contributed by atoms with Crippen LogP contribution in [0.4, 0.5) is 11.5 Å². The lowest BCUT2D eigenvalue weighted by atomic mass is 9.88. The third-order valence-electron chi connectivity index (χ3n) is 5.83. The van der Waals surface area contributed by atoms with Gasteiger partial charge in [-0.3, -0.25) is 0 Å². The smallest absolute Gasteiger partial charge is 0.200 e. The van der Waals surface area contributed by atoms with Gasteiger partial charge in [-0.2, -0.15) is 0 Å². The summed E-state index contributed by atoms with van der Waals surface area (Å²) in [6, 6.07) is 14.9. The summed E-state index contributed by atoms with van der Waals surface area (Å²) in [5.41, 5.74) is 3.40. The molecule has 1 aromatic carbocycles. The maximum absolute atomic E-state index is 4.94. The SMILES string of the molecule is CC(n1nc(-c2cccc(N(C)C)n2)nc1CCc1ccc(N(C)C)cc1)C(C)(C)C. The van der Waals surface area contributed by atoms with Crippen molar-refractivity contribution < 1.29 is 0 Å². The Morgan fingerprint density at radius 3 is 2.13 bits per heavy atom. The molecule has 0 radical (unpaired) electrons. The van der Waals surface area contributed by atoms with E-state index in [1.807, 2.05) is 37.2 Å². The lowest BCUT2D eigenvalue weighted by molar-refractivity contribution is 0.239. The molecule has 0 spiro atoms. The van der Waals surface area contributed by atoms with E-state index < -0.39 is 0 Å². The third-order valence-corrected chi connectivity index (χ3v) is 5.83. The van der Waals surface area contributed by atoms with Crippen molar-refractivity contribution in [3.05, 3.63) is 53.9 Å². The number of aryl methyl sites for hydroxylation is 2. The fourth-order valence-electron chi connectivity index (χ4n) is 3.33. The molecule has 2 aromatic heterocycles. The van der Waals surface area contributed by atoms with Crippen molar-refractivity contribution in [1.82, 2.24) is 19.7 Å². The Labute approximate surface area is 186 Å². The number of nitrogens with zero attached hydrogens (tertiary/aromatic N) is 6. The van der Waals surface area contributed by atoms with E-state index in [9.17, 15) is 0 Å². The topological polar surface area (TPSA) is 50.1 Å². The van der Waals surface area contributed by atoms with E-state index >= 15 is 0 Å². The van der Waals surface area contributed by atoms with Gasteiger partial charge in [-0.15, -0.1) is 5.10 Å². The first kappa shape index (κ1) is 22.8. The monoisotopic (exact) mass is 420 g/mol. The molecule has 0 N–H and O–H groups in total. The Kier molecular flexibility index (Phi) is 6.68. The number of pyridine rings is 1. The maximum Gasteiger partial charge on any atom is 0.200 e. The van der Waals surface area contributed by atoms with Crippen LogP contribution in [-0.2, 0) is 12.8 Å². The standard InChI is InChI=1S/C25H36N6/c1-18(25(2,3)4)31-23(17-14-19-12-15-20(16-13-19)29(5)6)27-24(28-31)21-10-9-11-22(26-21)30(7)8/h9-13,15-16,18H,14,17H2,1-8H3. The summed E-state index contributed by atoms with van der Waals surface area (Å²) in [7, 11) is 8.11. The van der Waals surface area contributed by atoms with Crippen LogP contribution in [0, 0.1) is 5.41 Å². The second kappa shape index (κ2) is 9.08. The molecule has 0 bridgehead atoms. The fraction of sp³-hybridized carbons (Fsp3) is 0.480. The Bertz CT molecular complexity index is 996. The van der Waals surface area contributed by atoms with Crippen molar-refractivity contribution in [2.45, 2.75) is 46.6 Å². The van der Waals surface area contributed by atoms with Gasteiger partial charge >= 0.3 is 0 Å². The predicted octanol–water partition coefficient (Wildman–Crippen LogP) is 4.86. The molecule has 0 saturated carbocycles. The molecule has 1 unspecified atom stereocenters. The second-order valence-electron chi connectivity index (χ2n) is 9.67. The Hall–Kier alpha value is -2.89. The minimum atomic E-state index is 0.0754. The minimum Gasteiger partial charge on any atom is -0.378 e. The van der Waals surface area contributed by atoms with Gasteiger partial charge in [0.15, 0.2) is 5.82 Å². The van der Waals surface area contributed by atoms with Crippen molar-refractivity contribution in [3.63, 3.8) is 0 Å². The molecule has 166 valence electrons. The zero-order chi connectivity index (χ0) is 22.8. The summed E-state index contributed by atoms with van der Waals surface area (Å²) in [6.45, 7) is 8.95. The molecule has 0 saturated heterocycles. The highest BCUT2D eigenvalue weighted by atomic mass is 15.4. The molecule has 31 heavy (non-hydrogen) atoms. The maximum atomic E-state index is 4.94. The van der Waals surface area contributed by atoms with E-state index in [4.69, 9.17) is 15.1 Å². The molecule has 0 aliphatic heterocycles. The van der Waals surface area contributed by atoms with E-state index in [0.29, 0.717) is 5.82 Å². The predicted molar refractivity (Wildman–Crippen MR) is 130 cm³/mol. The number of hydrogen-bond donors (Lipinski definition) is 0. The minimum absolute atomic E-state index is 0.0754. The largest absolute Gasteiger partial charge is 0.378 e. The molecular formula is C25H36N6. The molecular weight excluding hydrogens is 384 g/mol. The van der Waals surface area contributed by atoms with E-state index in [-0.39, 0.29) is 11.5 Å². The van der Waals surface area contributed by atoms with Gasteiger partial charge in [-0.25, -0.2) is 14.6 Å². The number of rotatable bonds is 7. The molecule has 0 amide bonds. The van der Waals surface area contributed by atoms with Crippen LogP contribution < -0.4 is 9.80 Å². The molecule has 3 aromatic rings. The zero-order valence-corrected chi connectivity index (χ0v) is 20.2. The first-order valence-electron chi connectivity index (χ1n) is 10.9. The van der Waals surface area contributed by atoms with Gasteiger partial charge < -0.3 is 9.80 Å². The van der Waals surface area contributed by atoms with Gasteiger partial charge in [0.2, 0.25) is 0 Å². The zero-order valence-electron chi connectivity index (χ0n) is 20.2. The van der Waals surface area contributed by atoms with E-state index in [2.05, 4.69) is 75.6 Å². The van der Waals surface area contributed by atoms with Crippen LogP contribution >= 0.6 is 0 Å². The van der Waals surface area contributed by atoms with Gasteiger partial charge in [-0.1, -0.05) is 39.0 Å². The lowest BCUT2D eigenvalue weighted by Crippen LogP contribution is -2.24. The summed E-state index contributed by atoms with van der Waals surface area (Å²) in [5, 5.41) is 4.91. The van der Waals surface area contributed by atoms with Crippen molar-refractivity contribution in [2.24, 2.45) is 5.41 Å². The normalized spacial score (nSPS) is 12.6. The van der Waals surface area contributed by atoms with Gasteiger partial charge in [0, 0.05) is 40.3 Å². The number of anilines is 2. The van der Waals surface area contributed by atoms with Crippen molar-refractivity contribution in [1.29, 1.82) is 0 Å². The summed E-state index contributed by atoms with van der Waals surface area (Å²) < 4.78 is 2.10. The van der Waals surface area contributed by atoms with Crippen LogP contribution in [0.5, 0.6) is 0 Å². The van der Waals surface area contributed by atoms with Crippen LogP contribution in [-0.4, -0.2) is 47.9 Å². The van der Waals surface area contributed by atoms with Crippen LogP contribution in [0.1, 0.15) is 45.1 Å². The van der Waals surface area contributed by atoms with E-state index in [0.717, 1.165) is 30.2 Å². The van der Waals surface area contributed by atoms with Gasteiger partial charge in [0.05, 0.1) is 6.04 Å². The highest BCUT2D eigenvalue weighted by Gasteiger charge is 2.26. The quantitative estimate of drug-likeness (QED) is 0.546. The summed E-state index contributed by atoms with van der Waals surface area (Å²) in [6.07, 6.45) is 1.76. The Morgan fingerprint density at radius 2 is 1.55 bits per heavy atom. The molecule has 2 heterocycles. The lowest BCUT2D eigenvalue weighted by Gasteiger charge is -2.28. The van der Waals surface area contributed by atoms with Gasteiger partial charge in [0.25, 0.3) is 0 Å². The molecule has 6 heteroatoms. The summed E-state index contributed by atoms with van der Waals surface area (Å²) >= 11 is 0. The molecule has 6 nitrogen and oxygen atoms in total. The molecule has 0 aliphatic rings. The molecule has 0 aliphatic carbocycles. The number of benzene rings is 1. The van der Waals surface area contributed by atoms with Crippen LogP contribution in [0.2, 0.25) is 0 Å². The van der Waals surface area contributed by atoms with Crippen LogP contribution in [0.15, 0.2) is 42.5 Å². The number of hydrogen-bond acceptors (Lipinski definition) is 5. The van der Waals surface area contributed by atoms with Gasteiger partial charge in [0.1, 0.15) is 17.3 Å². The highest BCUT2D eigenvalue weighted by molar-refractivity contribution is 5.53. The van der Waals surface area contributed by atoms with E-state index in [1.165, 1.54) is 11.3 Å². The fourth-order valence-corrected chi connectivity index (χ4v) is 3.33. The van der Waals surface area contributed by atoms with Crippen molar-refractivity contribution in [3.8, 4) is 11.5 Å². The average molecular weight is 421 g/mol. The molecule has 1 atom stereocenters. The van der Waals surface area contributed by atoms with E-state index in [1.54, 1.807) is 0 Å². The van der Waals surface area contributed by atoms with Crippen molar-refractivity contribution in [2.75, 3.05) is 38.0 Å². The Morgan fingerprint density at radius 1 is 0.871 bits per heavy atom. The summed E-state index contributed by atoms with van der Waals surface area (Å²) in [5.74, 6) is 2.60. The first-order chi connectivity index (χ1) is 14.6. The molecule has 3 rings (SSSR count). The average Bonchev–Trinajstić information content (AvgIpc) is 3.15. The van der Waals surface area contributed by atoms with Gasteiger partial charge in [-0.05, 0) is 48.6 Å². The highest BCUT2D eigenvalue weighted by Crippen LogP contribution is 2.31. The van der Waals surface area contributed by atoms with Crippen LogP contribution in [0.25, 0.3) is 11.5 Å².